The first-order chi connectivity index (χ1) is 37.3. The summed E-state index contributed by atoms with van der Waals surface area (Å²) < 4.78 is 0.851. The molecule has 0 radical (unpaired) electrons. The summed E-state index contributed by atoms with van der Waals surface area (Å²) in [6, 6.07) is 87.6. The number of fused-ring (bicyclic) bond motifs is 5. The van der Waals surface area contributed by atoms with Crippen molar-refractivity contribution < 1.29 is 16.4 Å². The first kappa shape index (κ1) is 49.0. The van der Waals surface area contributed by atoms with Crippen LogP contribution in [-0.2, 0) is 16.4 Å². The fraction of sp³-hybridized carbons (Fsp3) is 0.111. The van der Waals surface area contributed by atoms with Crippen molar-refractivity contribution in [3.63, 3.8) is 0 Å². The van der Waals surface area contributed by atoms with Crippen LogP contribution in [0.4, 0.5) is 0 Å². The standard InChI is InChI=1S/2C30H25.C12H9Si.2ClH.Zr/c2*1-2-11-22-20-25-18-19-27(24-14-7-4-8-15-24)30(29(25)21-22)28-17-10-9-16-26(28)23-12-5-3-6-13-23;1-3-7-11-9(5-1)10-6-2-4-8-12(10)13-11;;;/h2*3-10,12-21H,2,11H2,1H3;1-7H,13H2;2*1H;/q;;;;;+2/p-2. The van der Waals surface area contributed by atoms with Gasteiger partial charge in [0.2, 0.25) is 0 Å². The van der Waals surface area contributed by atoms with E-state index in [-0.39, 0.29) is 7.25 Å². The molecule has 0 nitrogen and oxygen atoms in total. The summed E-state index contributed by atoms with van der Waals surface area (Å²) in [5, 5.41) is 2.92. The van der Waals surface area contributed by atoms with Gasteiger partial charge in [-0.3, -0.25) is 0 Å². The molecule has 369 valence electrons. The molecule has 4 heteroatoms. The van der Waals surface area contributed by atoms with Crippen molar-refractivity contribution in [2.24, 2.45) is 0 Å². The summed E-state index contributed by atoms with van der Waals surface area (Å²) in [7, 11) is 18.5. The van der Waals surface area contributed by atoms with E-state index in [1.54, 1.807) is 0 Å². The van der Waals surface area contributed by atoms with Gasteiger partial charge in [0.15, 0.2) is 0 Å². The van der Waals surface area contributed by atoms with E-state index in [4.69, 9.17) is 0 Å². The van der Waals surface area contributed by atoms with Crippen molar-refractivity contribution in [1.29, 1.82) is 0 Å². The second-order valence-electron chi connectivity index (χ2n) is 21.2. The maximum absolute atomic E-state index is 9.76. The molecule has 2 aliphatic carbocycles. The van der Waals surface area contributed by atoms with Gasteiger partial charge < -0.3 is 0 Å². The Morgan fingerprint density at radius 2 is 0.724 bits per heavy atom. The van der Waals surface area contributed by atoms with Crippen molar-refractivity contribution in [3.05, 3.63) is 270 Å². The molecule has 2 unspecified atom stereocenters. The van der Waals surface area contributed by atoms with Crippen LogP contribution in [0.1, 0.15) is 69.0 Å². The van der Waals surface area contributed by atoms with Gasteiger partial charge in [0, 0.05) is 0 Å². The van der Waals surface area contributed by atoms with E-state index in [1.807, 2.05) is 0 Å². The van der Waals surface area contributed by atoms with Crippen molar-refractivity contribution in [2.75, 3.05) is 0 Å². The molecule has 1 aliphatic heterocycles. The van der Waals surface area contributed by atoms with Crippen LogP contribution in [0.15, 0.2) is 248 Å². The number of hydrogen-bond donors (Lipinski definition) is 0. The van der Waals surface area contributed by atoms with Gasteiger partial charge in [-0.2, -0.15) is 0 Å². The van der Waals surface area contributed by atoms with Gasteiger partial charge in [0.1, 0.15) is 0 Å². The Kier molecular flexibility index (Phi) is 12.9. The molecule has 13 rings (SSSR count). The number of halogens is 2. The molecule has 0 saturated carbocycles. The van der Waals surface area contributed by atoms with Crippen LogP contribution in [0.5, 0.6) is 0 Å². The third-order valence-electron chi connectivity index (χ3n) is 16.8. The topological polar surface area (TPSA) is 0 Å². The fourth-order valence-electron chi connectivity index (χ4n) is 13.8. The van der Waals surface area contributed by atoms with Crippen LogP contribution in [0.2, 0.25) is 0 Å². The Morgan fingerprint density at radius 1 is 0.355 bits per heavy atom. The summed E-state index contributed by atoms with van der Waals surface area (Å²) in [6.45, 7) is 4.65. The van der Waals surface area contributed by atoms with E-state index in [1.165, 1.54) is 125 Å². The SMILES string of the molecule is CCCC1=Cc2c(ccc(-c3ccccc3)c2-c2ccccc2-c2ccccc2)[CH]1[Zr]([Cl])([Cl])([c]1cccc2c1[SiH2]c1ccccc1-2)[CH]1C(CCC)=Cc2c1ccc(-c1ccccc1)c2-c1ccccc1-c1ccccc1. The van der Waals surface area contributed by atoms with Gasteiger partial charge in [-0.15, -0.1) is 0 Å². The summed E-state index contributed by atoms with van der Waals surface area (Å²) in [6.07, 6.45) is 8.88. The number of hydrogen-bond acceptors (Lipinski definition) is 0. The van der Waals surface area contributed by atoms with Gasteiger partial charge in [0.25, 0.3) is 0 Å². The number of allylic oxidation sites excluding steroid dienone is 2. The Bertz CT molecular complexity index is 3710. The third-order valence-corrected chi connectivity index (χ3v) is 39.6. The quantitative estimate of drug-likeness (QED) is 0.101. The van der Waals surface area contributed by atoms with Crippen molar-refractivity contribution in [2.45, 2.75) is 46.8 Å². The van der Waals surface area contributed by atoms with Crippen molar-refractivity contribution in [3.8, 4) is 77.9 Å². The molecule has 0 saturated heterocycles. The average molecular weight is 1110 g/mol. The van der Waals surface area contributed by atoms with Crippen LogP contribution >= 0.6 is 17.0 Å². The molecule has 76 heavy (non-hydrogen) atoms. The molecular weight excluding hydrogens is 1060 g/mol. The van der Waals surface area contributed by atoms with Gasteiger partial charge in [-0.05, 0) is 0 Å². The number of benzene rings is 10. The molecule has 0 fully saturated rings. The van der Waals surface area contributed by atoms with E-state index >= 15 is 0 Å². The monoisotopic (exact) mass is 1110 g/mol. The zero-order valence-corrected chi connectivity index (χ0v) is 48.5. The zero-order valence-electron chi connectivity index (χ0n) is 43.1. The summed E-state index contributed by atoms with van der Waals surface area (Å²) in [4.78, 5) is 0. The van der Waals surface area contributed by atoms with Crippen LogP contribution in [-0.4, -0.2) is 9.52 Å². The first-order valence-corrected chi connectivity index (χ1v) is 39.1. The van der Waals surface area contributed by atoms with Gasteiger partial charge in [-0.1, -0.05) is 0 Å². The molecule has 10 aromatic carbocycles. The van der Waals surface area contributed by atoms with E-state index in [0.29, 0.717) is 0 Å². The van der Waals surface area contributed by atoms with E-state index < -0.39 is 25.9 Å². The van der Waals surface area contributed by atoms with E-state index in [9.17, 15) is 17.0 Å². The zero-order chi connectivity index (χ0) is 51.4. The van der Waals surface area contributed by atoms with Crippen LogP contribution < -0.4 is 13.6 Å². The molecule has 3 aliphatic rings. The van der Waals surface area contributed by atoms with Crippen molar-refractivity contribution in [1.82, 2.24) is 0 Å². The Hall–Kier alpha value is -6.64. The Labute approximate surface area is 459 Å². The normalized spacial score (nSPS) is 16.0. The summed E-state index contributed by atoms with van der Waals surface area (Å²) in [5.41, 5.74) is 25.0. The third kappa shape index (κ3) is 8.02. The molecule has 0 aromatic heterocycles. The summed E-state index contributed by atoms with van der Waals surface area (Å²) in [5.74, 6) is 0. The molecule has 2 atom stereocenters. The molecule has 0 N–H and O–H groups in total. The first-order valence-electron chi connectivity index (χ1n) is 27.3. The average Bonchev–Trinajstić information content (AvgIpc) is 4.28. The van der Waals surface area contributed by atoms with Crippen LogP contribution in [0, 0.1) is 0 Å². The molecular formula is C72H59Cl2SiZr. The van der Waals surface area contributed by atoms with Gasteiger partial charge >= 0.3 is 463 Å². The Balaban J connectivity index is 1.14. The van der Waals surface area contributed by atoms with Crippen LogP contribution in [0.25, 0.3) is 90.0 Å². The van der Waals surface area contributed by atoms with Crippen LogP contribution in [0.3, 0.4) is 0 Å². The fourth-order valence-corrected chi connectivity index (χ4v) is 41.8. The van der Waals surface area contributed by atoms with E-state index in [2.05, 4.69) is 263 Å². The predicted octanol–water partition coefficient (Wildman–Crippen LogP) is 18.3. The Morgan fingerprint density at radius 3 is 1.16 bits per heavy atom. The molecule has 10 aromatic rings. The molecule has 1 heterocycles. The number of rotatable bonds is 13. The second-order valence-corrected chi connectivity index (χ2v) is 43.6. The molecule has 0 amide bonds. The van der Waals surface area contributed by atoms with Crippen molar-refractivity contribution >= 4 is 52.3 Å². The molecule has 0 spiro atoms. The maximum atomic E-state index is 9.76. The molecule has 0 bridgehead atoms. The minimum atomic E-state index is -5.96. The minimum absolute atomic E-state index is 0.207. The second kappa shape index (κ2) is 20.1. The van der Waals surface area contributed by atoms with Gasteiger partial charge in [0.05, 0.1) is 0 Å². The summed E-state index contributed by atoms with van der Waals surface area (Å²) >= 11 is -5.96. The van der Waals surface area contributed by atoms with E-state index in [0.717, 1.165) is 25.7 Å². The van der Waals surface area contributed by atoms with Gasteiger partial charge in [-0.25, -0.2) is 0 Å². The predicted molar refractivity (Wildman–Crippen MR) is 328 cm³/mol.